The van der Waals surface area contributed by atoms with Crippen LogP contribution in [0.25, 0.3) is 15.4 Å². The average molecular weight is 1160 g/mol. The van der Waals surface area contributed by atoms with Gasteiger partial charge in [0.1, 0.15) is 41.7 Å². The largest absolute Gasteiger partial charge is 0.481 e. The van der Waals surface area contributed by atoms with E-state index in [9.17, 15) is 28.8 Å². The summed E-state index contributed by atoms with van der Waals surface area (Å²) in [5.74, 6) is -1.73. The summed E-state index contributed by atoms with van der Waals surface area (Å²) in [5, 5.41) is 28.0. The Bertz CT molecular complexity index is 2990. The van der Waals surface area contributed by atoms with Gasteiger partial charge in [0, 0.05) is 53.4 Å². The maximum Gasteiger partial charge on any atom is 0.306 e. The molecule has 5 aromatic rings. The van der Waals surface area contributed by atoms with Crippen LogP contribution in [-0.2, 0) is 54.3 Å². The number of amides is 4. The number of esters is 1. The number of aliphatic carboxylic acids is 1. The van der Waals surface area contributed by atoms with Gasteiger partial charge in [-0.25, -0.2) is 4.98 Å². The molecule has 5 heterocycles. The van der Waals surface area contributed by atoms with Crippen molar-refractivity contribution in [3.05, 3.63) is 104 Å². The van der Waals surface area contributed by atoms with E-state index < -0.39 is 59.3 Å². The number of thiazole rings is 1. The van der Waals surface area contributed by atoms with Crippen molar-refractivity contribution in [3.8, 4) is 15.4 Å². The minimum Gasteiger partial charge on any atom is -0.481 e. The van der Waals surface area contributed by atoms with Gasteiger partial charge in [0.25, 0.3) is 0 Å². The Morgan fingerprint density at radius 1 is 0.825 bits per heavy atom. The van der Waals surface area contributed by atoms with E-state index in [4.69, 9.17) is 40.6 Å². The normalized spacial score (nSPS) is 16.3. The number of aliphatic imine (C=N–C) groups is 1. The number of thiophene rings is 1. The number of unbranched alkanes of at least 4 members (excludes halogenated alkanes) is 3. The summed E-state index contributed by atoms with van der Waals surface area (Å²) >= 11 is 9.43. The van der Waals surface area contributed by atoms with Crippen LogP contribution in [0.1, 0.15) is 123 Å². The Kier molecular flexibility index (Phi) is 22.0. The first-order valence-electron chi connectivity index (χ1n) is 26.9. The fourth-order valence-corrected chi connectivity index (χ4v) is 11.6. The molecule has 0 aliphatic carbocycles. The molecular weight excluding hydrogens is 1090 g/mol. The zero-order chi connectivity index (χ0) is 57.5. The van der Waals surface area contributed by atoms with Gasteiger partial charge in [-0.2, -0.15) is 0 Å². The molecule has 4 atom stereocenters. The van der Waals surface area contributed by atoms with Crippen molar-refractivity contribution >= 4 is 75.6 Å². The molecule has 20 nitrogen and oxygen atoms in total. The van der Waals surface area contributed by atoms with E-state index in [1.807, 2.05) is 66.9 Å². The van der Waals surface area contributed by atoms with Crippen LogP contribution in [0, 0.1) is 33.1 Å². The van der Waals surface area contributed by atoms with Crippen LogP contribution in [0.2, 0.25) is 5.02 Å². The average Bonchev–Trinajstić information content (AvgIpc) is 4.24. The van der Waals surface area contributed by atoms with E-state index in [1.165, 1.54) is 4.90 Å². The predicted octanol–water partition coefficient (Wildman–Crippen LogP) is 7.57. The number of halogens is 1. The molecule has 0 saturated carbocycles. The second kappa shape index (κ2) is 28.8. The number of nitrogens with one attached hydrogen (secondary N) is 3. The topological polar surface area (TPSA) is 255 Å². The van der Waals surface area contributed by atoms with Crippen molar-refractivity contribution in [2.45, 2.75) is 131 Å². The molecule has 1 fully saturated rings. The van der Waals surface area contributed by atoms with Crippen molar-refractivity contribution in [1.82, 2.24) is 40.6 Å². The lowest BCUT2D eigenvalue weighted by Crippen LogP contribution is -2.58. The standard InChI is InChI=1S/C57H72ClN9O11S2/c1-34-36(3)80-56-49(34)50(39-18-20-41(58)21-19-39)62-43(53-65-64-37(4)67(53)56)29-45(68)59-22-23-75-24-25-76-26-27-77-32-46(69)63-52(57(5,6)7)55(74)66-31-42(78-48(72)13-11-9-8-10-12-47(70)71)28-44(66)54(73)60-30-38-14-16-40(17-15-38)51-35(2)61-33-79-51/h14-21,33,42-44,52H,8-13,22-32H2,1-7H3,(H,59,68)(H,60,73)(H,63,69)(H,70,71)/t42-,43+,44+,52-/m1/s1. The Labute approximate surface area is 479 Å². The third-order valence-corrected chi connectivity index (χ3v) is 16.2. The first kappa shape index (κ1) is 61.2. The first-order chi connectivity index (χ1) is 38.3. The van der Waals surface area contributed by atoms with Crippen molar-refractivity contribution in [2.75, 3.05) is 52.7 Å². The highest BCUT2D eigenvalue weighted by Gasteiger charge is 2.46. The number of carbonyl (C=O) groups excluding carboxylic acids is 5. The molecule has 0 bridgehead atoms. The summed E-state index contributed by atoms with van der Waals surface area (Å²) in [6.07, 6.45) is 1.88. The van der Waals surface area contributed by atoms with E-state index >= 15 is 0 Å². The lowest BCUT2D eigenvalue weighted by atomic mass is 9.85. The van der Waals surface area contributed by atoms with E-state index in [0.29, 0.717) is 42.4 Å². The van der Waals surface area contributed by atoms with Crippen LogP contribution in [0.3, 0.4) is 0 Å². The van der Waals surface area contributed by atoms with E-state index in [1.54, 1.807) is 49.0 Å². The van der Waals surface area contributed by atoms with Crippen molar-refractivity contribution in [1.29, 1.82) is 0 Å². The summed E-state index contributed by atoms with van der Waals surface area (Å²) in [5.41, 5.74) is 7.52. The Hall–Kier alpha value is -6.43. The Balaban J connectivity index is 0.839. The third-order valence-electron chi connectivity index (χ3n) is 13.8. The van der Waals surface area contributed by atoms with Gasteiger partial charge in [-0.1, -0.05) is 81.6 Å². The lowest BCUT2D eigenvalue weighted by Gasteiger charge is -2.35. The molecule has 80 heavy (non-hydrogen) atoms. The number of benzene rings is 2. The zero-order valence-corrected chi connectivity index (χ0v) is 48.8. The van der Waals surface area contributed by atoms with Crippen molar-refractivity contribution < 1.29 is 52.8 Å². The van der Waals surface area contributed by atoms with Gasteiger partial charge in [-0.3, -0.25) is 38.3 Å². The molecule has 7 rings (SSSR count). The van der Waals surface area contributed by atoms with Gasteiger partial charge < -0.3 is 44.9 Å². The first-order valence-corrected chi connectivity index (χ1v) is 29.0. The van der Waals surface area contributed by atoms with Gasteiger partial charge in [-0.05, 0) is 74.8 Å². The highest BCUT2D eigenvalue weighted by atomic mass is 35.5. The Morgan fingerprint density at radius 3 is 2.17 bits per heavy atom. The third kappa shape index (κ3) is 16.6. The molecule has 4 amide bonds. The summed E-state index contributed by atoms with van der Waals surface area (Å²) in [6, 6.07) is 12.6. The number of carbonyl (C=O) groups is 6. The number of aryl methyl sites for hydroxylation is 3. The van der Waals surface area contributed by atoms with E-state index in [0.717, 1.165) is 54.0 Å². The van der Waals surface area contributed by atoms with Crippen LogP contribution in [0.15, 0.2) is 59.0 Å². The second-order valence-electron chi connectivity index (χ2n) is 20.9. The monoisotopic (exact) mass is 1160 g/mol. The summed E-state index contributed by atoms with van der Waals surface area (Å²) in [4.78, 5) is 92.1. The molecular formula is C57H72ClN9O11S2. The summed E-state index contributed by atoms with van der Waals surface area (Å²) < 4.78 is 24.8. The van der Waals surface area contributed by atoms with Crippen LogP contribution in [0.5, 0.6) is 0 Å². The molecule has 430 valence electrons. The minimum atomic E-state index is -1.07. The summed E-state index contributed by atoms with van der Waals surface area (Å²) in [7, 11) is 0. The molecule has 0 spiro atoms. The number of hydrogen-bond donors (Lipinski definition) is 4. The van der Waals surface area contributed by atoms with Crippen LogP contribution in [0.4, 0.5) is 0 Å². The molecule has 2 aliphatic heterocycles. The number of ether oxygens (including phenoxy) is 4. The van der Waals surface area contributed by atoms with Crippen LogP contribution < -0.4 is 16.0 Å². The number of carboxylic acid groups (broad SMARTS) is 1. The number of likely N-dealkylation sites (tertiary alicyclic amines) is 1. The number of carboxylic acids is 1. The molecule has 2 aliphatic rings. The SMILES string of the molecule is Cc1ncsc1-c1ccc(CNC(=O)[C@@H]2C[C@@H](OC(=O)CCCCCCC(=O)O)CN2C(=O)[C@@H](NC(=O)COCCOCCOCCNC(=O)C[C@@H]2N=C(c3ccc(Cl)cc3)c3c(sc(C)c3C)-n3c(C)nnc32)C(C)(C)C)cc1. The van der Waals surface area contributed by atoms with E-state index in [-0.39, 0.29) is 90.9 Å². The summed E-state index contributed by atoms with van der Waals surface area (Å²) in [6.45, 7) is 14.4. The zero-order valence-electron chi connectivity index (χ0n) is 46.4. The van der Waals surface area contributed by atoms with Gasteiger partial charge in [0.05, 0.1) is 67.8 Å². The molecule has 0 radical (unpaired) electrons. The van der Waals surface area contributed by atoms with Gasteiger partial charge in [0.15, 0.2) is 5.82 Å². The lowest BCUT2D eigenvalue weighted by molar-refractivity contribution is -0.150. The van der Waals surface area contributed by atoms with Crippen molar-refractivity contribution in [3.63, 3.8) is 0 Å². The molecule has 0 unspecified atom stereocenters. The number of hydrogen-bond acceptors (Lipinski definition) is 16. The van der Waals surface area contributed by atoms with Gasteiger partial charge >= 0.3 is 11.9 Å². The predicted molar refractivity (Wildman–Crippen MR) is 304 cm³/mol. The van der Waals surface area contributed by atoms with Gasteiger partial charge in [0.2, 0.25) is 23.6 Å². The molecule has 1 saturated heterocycles. The van der Waals surface area contributed by atoms with Crippen molar-refractivity contribution in [2.24, 2.45) is 10.4 Å². The highest BCUT2D eigenvalue weighted by Crippen LogP contribution is 2.40. The molecule has 4 N–H and O–H groups in total. The molecule has 23 heteroatoms. The maximum atomic E-state index is 14.5. The smallest absolute Gasteiger partial charge is 0.306 e. The minimum absolute atomic E-state index is 0.0436. The number of rotatable bonds is 28. The van der Waals surface area contributed by atoms with Crippen LogP contribution in [-0.4, -0.2) is 142 Å². The fourth-order valence-electron chi connectivity index (χ4n) is 9.44. The fraction of sp³-hybridized carbons (Fsp3) is 0.509. The molecule has 2 aromatic carbocycles. The number of aromatic nitrogens is 4. The van der Waals surface area contributed by atoms with Crippen LogP contribution >= 0.6 is 34.3 Å². The number of nitrogens with zero attached hydrogens (tertiary/aromatic N) is 6. The highest BCUT2D eigenvalue weighted by molar-refractivity contribution is 7.15. The number of fused-ring (bicyclic) bond motifs is 3. The Morgan fingerprint density at radius 2 is 1.50 bits per heavy atom. The maximum absolute atomic E-state index is 14.5. The second-order valence-corrected chi connectivity index (χ2v) is 23.4. The van der Waals surface area contributed by atoms with E-state index in [2.05, 4.69) is 45.0 Å². The van der Waals surface area contributed by atoms with Gasteiger partial charge in [-0.15, -0.1) is 32.9 Å². The quantitative estimate of drug-likeness (QED) is 0.0278. The molecule has 3 aromatic heterocycles.